The first-order valence-electron chi connectivity index (χ1n) is 8.34. The molecule has 120 valence electrons. The lowest BCUT2D eigenvalue weighted by Crippen LogP contribution is -2.45. The van der Waals surface area contributed by atoms with Crippen LogP contribution < -0.4 is 5.32 Å². The highest BCUT2D eigenvalue weighted by molar-refractivity contribution is 5.97. The highest BCUT2D eigenvalue weighted by Crippen LogP contribution is 2.21. The summed E-state index contributed by atoms with van der Waals surface area (Å²) in [5, 5.41) is 2.96. The predicted octanol–water partition coefficient (Wildman–Crippen LogP) is 3.48. The number of unbranched alkanes of at least 4 members (excludes halogenated alkanes) is 2. The normalized spacial score (nSPS) is 15.6. The summed E-state index contributed by atoms with van der Waals surface area (Å²) in [4.78, 5) is 26.3. The average molecular weight is 302 g/mol. The standard InChI is InChI=1S/C18H26N2O2/c1-2-3-7-12-19-18(22)20-13-10-16(11-14-20)17(21)15-8-5-4-6-9-15/h4-6,8-9,16H,2-3,7,10-14H2,1H3,(H,19,22). The number of nitrogens with zero attached hydrogens (tertiary/aromatic N) is 1. The quantitative estimate of drug-likeness (QED) is 0.646. The molecule has 4 nitrogen and oxygen atoms in total. The van der Waals surface area contributed by atoms with E-state index in [1.807, 2.05) is 35.2 Å². The topological polar surface area (TPSA) is 49.4 Å². The first-order chi connectivity index (χ1) is 10.7. The largest absolute Gasteiger partial charge is 0.338 e. The number of hydrogen-bond donors (Lipinski definition) is 1. The third kappa shape index (κ3) is 4.58. The minimum absolute atomic E-state index is 0.0155. The van der Waals surface area contributed by atoms with E-state index in [4.69, 9.17) is 0 Å². The Morgan fingerprint density at radius 3 is 2.45 bits per heavy atom. The number of benzene rings is 1. The maximum atomic E-state index is 12.4. The Morgan fingerprint density at radius 2 is 1.82 bits per heavy atom. The van der Waals surface area contributed by atoms with Crippen molar-refractivity contribution < 1.29 is 9.59 Å². The van der Waals surface area contributed by atoms with Crippen molar-refractivity contribution in [1.29, 1.82) is 0 Å². The van der Waals surface area contributed by atoms with Crippen LogP contribution in [0.3, 0.4) is 0 Å². The van der Waals surface area contributed by atoms with Crippen LogP contribution in [0, 0.1) is 5.92 Å². The summed E-state index contributed by atoms with van der Waals surface area (Å²) in [7, 11) is 0. The van der Waals surface area contributed by atoms with Crippen molar-refractivity contribution in [2.75, 3.05) is 19.6 Å². The van der Waals surface area contributed by atoms with Crippen LogP contribution in [0.4, 0.5) is 4.79 Å². The van der Waals surface area contributed by atoms with E-state index in [0.29, 0.717) is 13.1 Å². The smallest absolute Gasteiger partial charge is 0.317 e. The molecule has 1 aromatic carbocycles. The number of carbonyl (C=O) groups excluding carboxylic acids is 2. The van der Waals surface area contributed by atoms with E-state index in [0.717, 1.165) is 44.2 Å². The van der Waals surface area contributed by atoms with Gasteiger partial charge in [-0.25, -0.2) is 4.79 Å². The van der Waals surface area contributed by atoms with Crippen LogP contribution in [0.2, 0.25) is 0 Å². The molecule has 1 fully saturated rings. The molecular weight excluding hydrogens is 276 g/mol. The molecule has 0 aliphatic carbocycles. The first kappa shape index (κ1) is 16.5. The van der Waals surface area contributed by atoms with Crippen molar-refractivity contribution in [1.82, 2.24) is 10.2 Å². The van der Waals surface area contributed by atoms with Gasteiger partial charge in [0, 0.05) is 31.1 Å². The fourth-order valence-electron chi connectivity index (χ4n) is 2.87. The van der Waals surface area contributed by atoms with Gasteiger partial charge >= 0.3 is 6.03 Å². The van der Waals surface area contributed by atoms with Gasteiger partial charge in [0.25, 0.3) is 0 Å². The number of nitrogens with one attached hydrogen (secondary N) is 1. The van der Waals surface area contributed by atoms with Crippen molar-refractivity contribution >= 4 is 11.8 Å². The van der Waals surface area contributed by atoms with Gasteiger partial charge in [0.15, 0.2) is 5.78 Å². The summed E-state index contributed by atoms with van der Waals surface area (Å²) < 4.78 is 0. The van der Waals surface area contributed by atoms with E-state index in [2.05, 4.69) is 12.2 Å². The third-order valence-electron chi connectivity index (χ3n) is 4.27. The molecule has 1 aliphatic heterocycles. The van der Waals surface area contributed by atoms with Gasteiger partial charge in [-0.1, -0.05) is 50.1 Å². The Bertz CT molecular complexity index is 479. The number of likely N-dealkylation sites (tertiary alicyclic amines) is 1. The monoisotopic (exact) mass is 302 g/mol. The minimum Gasteiger partial charge on any atom is -0.338 e. The number of rotatable bonds is 6. The molecule has 1 aromatic rings. The summed E-state index contributed by atoms with van der Waals surface area (Å²) in [5.41, 5.74) is 0.782. The Labute approximate surface area is 132 Å². The fraction of sp³-hybridized carbons (Fsp3) is 0.556. The number of hydrogen-bond acceptors (Lipinski definition) is 2. The lowest BCUT2D eigenvalue weighted by molar-refractivity contribution is 0.0854. The van der Waals surface area contributed by atoms with E-state index in [1.165, 1.54) is 0 Å². The van der Waals surface area contributed by atoms with Crippen LogP contribution >= 0.6 is 0 Å². The Morgan fingerprint density at radius 1 is 1.14 bits per heavy atom. The zero-order valence-electron chi connectivity index (χ0n) is 13.4. The van der Waals surface area contributed by atoms with Crippen LogP contribution in [0.25, 0.3) is 0 Å². The van der Waals surface area contributed by atoms with Gasteiger partial charge in [0.1, 0.15) is 0 Å². The van der Waals surface area contributed by atoms with Crippen LogP contribution in [0.5, 0.6) is 0 Å². The summed E-state index contributed by atoms with van der Waals surface area (Å²) in [6.45, 7) is 4.23. The molecule has 0 unspecified atom stereocenters. The zero-order chi connectivity index (χ0) is 15.8. The van der Waals surface area contributed by atoms with Crippen LogP contribution in [0.1, 0.15) is 49.4 Å². The van der Waals surface area contributed by atoms with Crippen LogP contribution in [0.15, 0.2) is 30.3 Å². The molecule has 22 heavy (non-hydrogen) atoms. The van der Waals surface area contributed by atoms with E-state index in [1.54, 1.807) is 0 Å². The second-order valence-electron chi connectivity index (χ2n) is 5.93. The van der Waals surface area contributed by atoms with Gasteiger partial charge in [-0.15, -0.1) is 0 Å². The van der Waals surface area contributed by atoms with Crippen LogP contribution in [-0.2, 0) is 0 Å². The summed E-state index contributed by atoms with van der Waals surface area (Å²) in [5.74, 6) is 0.259. The lowest BCUT2D eigenvalue weighted by atomic mass is 9.89. The molecule has 0 aromatic heterocycles. The van der Waals surface area contributed by atoms with Crippen molar-refractivity contribution in [3.05, 3.63) is 35.9 Å². The van der Waals surface area contributed by atoms with Gasteiger partial charge in [-0.05, 0) is 19.3 Å². The molecule has 0 spiro atoms. The molecule has 1 N–H and O–H groups in total. The SMILES string of the molecule is CCCCCNC(=O)N1CCC(C(=O)c2ccccc2)CC1. The molecule has 1 saturated heterocycles. The molecule has 0 atom stereocenters. The van der Waals surface area contributed by atoms with Crippen molar-refractivity contribution in [2.45, 2.75) is 39.0 Å². The van der Waals surface area contributed by atoms with Crippen molar-refractivity contribution in [3.63, 3.8) is 0 Å². The average Bonchev–Trinajstić information content (AvgIpc) is 2.59. The molecule has 2 rings (SSSR count). The highest BCUT2D eigenvalue weighted by Gasteiger charge is 2.27. The second-order valence-corrected chi connectivity index (χ2v) is 5.93. The molecule has 0 saturated carbocycles. The zero-order valence-corrected chi connectivity index (χ0v) is 13.4. The van der Waals surface area contributed by atoms with Crippen LogP contribution in [-0.4, -0.2) is 36.3 Å². The summed E-state index contributed by atoms with van der Waals surface area (Å²) in [6, 6.07) is 9.46. The second kappa shape index (κ2) is 8.57. The first-order valence-corrected chi connectivity index (χ1v) is 8.34. The number of ketones is 1. The molecule has 1 aliphatic rings. The number of carbonyl (C=O) groups is 2. The van der Waals surface area contributed by atoms with E-state index >= 15 is 0 Å². The molecule has 4 heteroatoms. The van der Waals surface area contributed by atoms with E-state index in [-0.39, 0.29) is 17.7 Å². The molecule has 0 radical (unpaired) electrons. The number of amides is 2. The maximum absolute atomic E-state index is 12.4. The molecule has 0 bridgehead atoms. The summed E-state index contributed by atoms with van der Waals surface area (Å²) >= 11 is 0. The van der Waals surface area contributed by atoms with Gasteiger partial charge < -0.3 is 10.2 Å². The summed E-state index contributed by atoms with van der Waals surface area (Å²) in [6.07, 6.45) is 4.86. The van der Waals surface area contributed by atoms with Gasteiger partial charge in [0.2, 0.25) is 0 Å². The number of piperidine rings is 1. The Balaban J connectivity index is 1.75. The predicted molar refractivity (Wildman–Crippen MR) is 88.0 cm³/mol. The highest BCUT2D eigenvalue weighted by atomic mass is 16.2. The maximum Gasteiger partial charge on any atom is 0.317 e. The number of urea groups is 1. The van der Waals surface area contributed by atoms with Gasteiger partial charge in [-0.3, -0.25) is 4.79 Å². The van der Waals surface area contributed by atoms with Gasteiger partial charge in [0.05, 0.1) is 0 Å². The minimum atomic E-state index is 0.0155. The number of Topliss-reactive ketones (excluding diaryl/α,β-unsaturated/α-hetero) is 1. The molecule has 1 heterocycles. The van der Waals surface area contributed by atoms with Crippen molar-refractivity contribution in [2.24, 2.45) is 5.92 Å². The Hall–Kier alpha value is -1.84. The lowest BCUT2D eigenvalue weighted by Gasteiger charge is -2.31. The van der Waals surface area contributed by atoms with E-state index in [9.17, 15) is 9.59 Å². The third-order valence-corrected chi connectivity index (χ3v) is 4.27. The van der Waals surface area contributed by atoms with Crippen molar-refractivity contribution in [3.8, 4) is 0 Å². The van der Waals surface area contributed by atoms with Gasteiger partial charge in [-0.2, -0.15) is 0 Å². The molecular formula is C18H26N2O2. The molecule has 2 amide bonds. The van der Waals surface area contributed by atoms with E-state index < -0.39 is 0 Å². The Kier molecular flexibility index (Phi) is 6.44. The fourth-order valence-corrected chi connectivity index (χ4v) is 2.87.